The molecular weight excluding hydrogens is 361 g/mol. The first kappa shape index (κ1) is 19.5. The second kappa shape index (κ2) is 7.21. The van der Waals surface area contributed by atoms with Gasteiger partial charge in [0.2, 0.25) is 5.60 Å². The highest BCUT2D eigenvalue weighted by molar-refractivity contribution is 6.37. The maximum Gasteiger partial charge on any atom is 0.426 e. The van der Waals surface area contributed by atoms with E-state index in [1.807, 2.05) is 5.32 Å². The van der Waals surface area contributed by atoms with Gasteiger partial charge in [-0.2, -0.15) is 13.2 Å². The summed E-state index contributed by atoms with van der Waals surface area (Å²) in [5, 5.41) is 11.2. The molecule has 1 atom stereocenters. The van der Waals surface area contributed by atoms with Crippen molar-refractivity contribution in [3.05, 3.63) is 28.8 Å². The molecule has 1 unspecified atom stereocenters. The van der Waals surface area contributed by atoms with Crippen LogP contribution in [0, 0.1) is 0 Å². The number of anilines is 1. The summed E-state index contributed by atoms with van der Waals surface area (Å²) in [6.07, 6.45) is -2.38. The van der Waals surface area contributed by atoms with E-state index in [9.17, 15) is 27.9 Å². The number of carbonyl (C=O) groups excluding carboxylic acids is 2. The van der Waals surface area contributed by atoms with Gasteiger partial charge in [-0.05, 0) is 38.3 Å². The van der Waals surface area contributed by atoms with Crippen LogP contribution < -0.4 is 5.32 Å². The SMILES string of the molecule is CC(O)(C(=O)Nc1cccc(C(=O)N2CCCCC2)c1Cl)C(F)(F)F. The van der Waals surface area contributed by atoms with Gasteiger partial charge in [-0.1, -0.05) is 17.7 Å². The lowest BCUT2D eigenvalue weighted by atomic mass is 10.0. The van der Waals surface area contributed by atoms with Gasteiger partial charge in [0.05, 0.1) is 16.3 Å². The van der Waals surface area contributed by atoms with E-state index in [2.05, 4.69) is 0 Å². The molecule has 0 saturated carbocycles. The molecule has 0 spiro atoms. The fourth-order valence-electron chi connectivity index (χ4n) is 2.43. The van der Waals surface area contributed by atoms with Gasteiger partial charge >= 0.3 is 6.18 Å². The highest BCUT2D eigenvalue weighted by Gasteiger charge is 2.55. The fraction of sp³-hybridized carbons (Fsp3) is 0.500. The van der Waals surface area contributed by atoms with Gasteiger partial charge in [-0.3, -0.25) is 9.59 Å². The number of likely N-dealkylation sites (tertiary alicyclic amines) is 1. The largest absolute Gasteiger partial charge is 0.426 e. The molecule has 0 aromatic heterocycles. The number of alkyl halides is 3. The van der Waals surface area contributed by atoms with Crippen molar-refractivity contribution < 1.29 is 27.9 Å². The first-order valence-electron chi connectivity index (χ1n) is 7.74. The topological polar surface area (TPSA) is 69.6 Å². The molecule has 9 heteroatoms. The zero-order chi connectivity index (χ0) is 18.8. The van der Waals surface area contributed by atoms with Crippen LogP contribution in [0.4, 0.5) is 18.9 Å². The monoisotopic (exact) mass is 378 g/mol. The number of hydrogen-bond donors (Lipinski definition) is 2. The van der Waals surface area contributed by atoms with Gasteiger partial charge in [0, 0.05) is 13.1 Å². The Bertz CT molecular complexity index is 671. The summed E-state index contributed by atoms with van der Waals surface area (Å²) >= 11 is 6.11. The zero-order valence-electron chi connectivity index (χ0n) is 13.5. The molecule has 1 aliphatic heterocycles. The van der Waals surface area contributed by atoms with Crippen LogP contribution >= 0.6 is 11.6 Å². The third kappa shape index (κ3) is 4.07. The van der Waals surface area contributed by atoms with E-state index < -0.39 is 17.7 Å². The lowest BCUT2D eigenvalue weighted by Crippen LogP contribution is -2.52. The standard InChI is InChI=1S/C16H18ClF3N2O3/c1-15(25,16(18,19)20)14(24)21-11-7-5-6-10(12(11)17)13(23)22-8-3-2-4-9-22/h5-7,25H,2-4,8-9H2,1H3,(H,21,24). The van der Waals surface area contributed by atoms with E-state index in [0.29, 0.717) is 20.0 Å². The van der Waals surface area contributed by atoms with Crippen molar-refractivity contribution in [3.8, 4) is 0 Å². The van der Waals surface area contributed by atoms with E-state index in [0.717, 1.165) is 19.3 Å². The number of hydrogen-bond acceptors (Lipinski definition) is 3. The van der Waals surface area contributed by atoms with Gasteiger partial charge in [-0.25, -0.2) is 0 Å². The molecule has 2 amide bonds. The normalized spacial score (nSPS) is 17.8. The minimum atomic E-state index is -5.15. The van der Waals surface area contributed by atoms with Gasteiger partial charge in [0.15, 0.2) is 0 Å². The molecule has 1 aromatic rings. The summed E-state index contributed by atoms with van der Waals surface area (Å²) < 4.78 is 38.2. The maximum atomic E-state index is 12.7. The Hall–Kier alpha value is -1.80. The number of carbonyl (C=O) groups is 2. The molecule has 1 aromatic carbocycles. The van der Waals surface area contributed by atoms with Crippen molar-refractivity contribution in [1.82, 2.24) is 4.90 Å². The van der Waals surface area contributed by atoms with E-state index >= 15 is 0 Å². The molecule has 1 aliphatic rings. The van der Waals surface area contributed by atoms with Crippen molar-refractivity contribution in [2.75, 3.05) is 18.4 Å². The molecule has 5 nitrogen and oxygen atoms in total. The van der Waals surface area contributed by atoms with Gasteiger partial charge < -0.3 is 15.3 Å². The fourth-order valence-corrected chi connectivity index (χ4v) is 2.69. The number of rotatable bonds is 3. The Balaban J connectivity index is 2.23. The molecule has 1 fully saturated rings. The Kier molecular flexibility index (Phi) is 5.63. The van der Waals surface area contributed by atoms with Crippen LogP contribution in [0.5, 0.6) is 0 Å². The second-order valence-corrected chi connectivity index (χ2v) is 6.42. The Morgan fingerprint density at radius 1 is 1.20 bits per heavy atom. The molecule has 0 aliphatic carbocycles. The Morgan fingerprint density at radius 3 is 2.36 bits per heavy atom. The van der Waals surface area contributed by atoms with Crippen molar-refractivity contribution in [2.24, 2.45) is 0 Å². The summed E-state index contributed by atoms with van der Waals surface area (Å²) in [6, 6.07) is 4.11. The molecule has 0 radical (unpaired) electrons. The third-order valence-electron chi connectivity index (χ3n) is 4.11. The van der Waals surface area contributed by atoms with Crippen molar-refractivity contribution >= 4 is 29.1 Å². The van der Waals surface area contributed by atoms with Crippen molar-refractivity contribution in [2.45, 2.75) is 38.0 Å². The van der Waals surface area contributed by atoms with Gasteiger partial charge in [0.1, 0.15) is 0 Å². The average molecular weight is 379 g/mol. The van der Waals surface area contributed by atoms with E-state index in [1.54, 1.807) is 4.90 Å². The first-order valence-corrected chi connectivity index (χ1v) is 8.12. The second-order valence-electron chi connectivity index (χ2n) is 6.04. The van der Waals surface area contributed by atoms with E-state index in [1.165, 1.54) is 18.2 Å². The quantitative estimate of drug-likeness (QED) is 0.848. The van der Waals surface area contributed by atoms with Crippen LogP contribution in [0.25, 0.3) is 0 Å². The smallest absolute Gasteiger partial charge is 0.373 e. The van der Waals surface area contributed by atoms with Crippen LogP contribution in [0.3, 0.4) is 0 Å². The lowest BCUT2D eigenvalue weighted by Gasteiger charge is -2.28. The molecule has 2 rings (SSSR count). The van der Waals surface area contributed by atoms with Crippen LogP contribution in [0.1, 0.15) is 36.5 Å². The van der Waals surface area contributed by atoms with Gasteiger partial charge in [-0.15, -0.1) is 0 Å². The molecule has 138 valence electrons. The summed E-state index contributed by atoms with van der Waals surface area (Å²) in [4.78, 5) is 25.9. The van der Waals surface area contributed by atoms with Crippen molar-refractivity contribution in [3.63, 3.8) is 0 Å². The summed E-state index contributed by atoms with van der Waals surface area (Å²) in [6.45, 7) is 1.50. The molecule has 1 saturated heterocycles. The number of nitrogens with zero attached hydrogens (tertiary/aromatic N) is 1. The number of aliphatic hydroxyl groups is 1. The van der Waals surface area contributed by atoms with Crippen molar-refractivity contribution in [1.29, 1.82) is 0 Å². The van der Waals surface area contributed by atoms with E-state index in [-0.39, 0.29) is 22.2 Å². The molecule has 2 N–H and O–H groups in total. The highest BCUT2D eigenvalue weighted by atomic mass is 35.5. The number of piperidine rings is 1. The Morgan fingerprint density at radius 2 is 1.80 bits per heavy atom. The highest BCUT2D eigenvalue weighted by Crippen LogP contribution is 2.33. The number of benzene rings is 1. The minimum absolute atomic E-state index is 0.0908. The summed E-state index contributed by atoms with van der Waals surface area (Å²) in [5.74, 6) is -2.02. The summed E-state index contributed by atoms with van der Waals surface area (Å²) in [5.41, 5.74) is -3.66. The first-order chi connectivity index (χ1) is 11.6. The number of nitrogens with one attached hydrogen (secondary N) is 1. The van der Waals surface area contributed by atoms with Gasteiger partial charge in [0.25, 0.3) is 11.8 Å². The third-order valence-corrected chi connectivity index (χ3v) is 4.52. The number of amides is 2. The lowest BCUT2D eigenvalue weighted by molar-refractivity contribution is -0.242. The molecule has 25 heavy (non-hydrogen) atoms. The molecule has 1 heterocycles. The minimum Gasteiger partial charge on any atom is -0.373 e. The van der Waals surface area contributed by atoms with Crippen LogP contribution in [-0.4, -0.2) is 46.7 Å². The zero-order valence-corrected chi connectivity index (χ0v) is 14.2. The van der Waals surface area contributed by atoms with Crippen LogP contribution in [0.15, 0.2) is 18.2 Å². The molecular formula is C16H18ClF3N2O3. The van der Waals surface area contributed by atoms with Crippen LogP contribution in [0.2, 0.25) is 5.02 Å². The molecule has 0 bridgehead atoms. The predicted octanol–water partition coefficient (Wildman–Crippen LogP) is 3.22. The van der Waals surface area contributed by atoms with E-state index in [4.69, 9.17) is 11.6 Å². The maximum absolute atomic E-state index is 12.7. The predicted molar refractivity (Wildman–Crippen MR) is 86.5 cm³/mol. The van der Waals surface area contributed by atoms with Crippen LogP contribution in [-0.2, 0) is 4.79 Å². The average Bonchev–Trinajstić information content (AvgIpc) is 2.55. The Labute approximate surface area is 147 Å². The summed E-state index contributed by atoms with van der Waals surface area (Å²) in [7, 11) is 0. The number of halogens is 4.